The number of nitrogens with one attached hydrogen (secondary N) is 1. The maximum atomic E-state index is 12.3. The largest absolute Gasteiger partial charge is 0.480 e. The van der Waals surface area contributed by atoms with E-state index in [0.29, 0.717) is 31.7 Å². The van der Waals surface area contributed by atoms with Crippen molar-refractivity contribution >= 4 is 17.9 Å². The first-order valence-electron chi connectivity index (χ1n) is 7.44. The maximum absolute atomic E-state index is 12.3. The van der Waals surface area contributed by atoms with Crippen molar-refractivity contribution in [3.05, 3.63) is 0 Å². The lowest BCUT2D eigenvalue weighted by Gasteiger charge is -2.37. The molecule has 7 heteroatoms. The minimum absolute atomic E-state index is 0.271. The molecule has 1 unspecified atom stereocenters. The second-order valence-electron chi connectivity index (χ2n) is 6.33. The lowest BCUT2D eigenvalue weighted by molar-refractivity contribution is -0.146. The molecule has 1 saturated heterocycles. The van der Waals surface area contributed by atoms with Gasteiger partial charge >= 0.3 is 12.0 Å². The van der Waals surface area contributed by atoms with Crippen LogP contribution in [0, 0.1) is 11.8 Å². The van der Waals surface area contributed by atoms with Gasteiger partial charge in [-0.15, -0.1) is 0 Å². The van der Waals surface area contributed by atoms with Crippen molar-refractivity contribution in [1.29, 1.82) is 0 Å². The number of carboxylic acid groups (broad SMARTS) is 1. The Morgan fingerprint density at radius 1 is 1.24 bits per heavy atom. The van der Waals surface area contributed by atoms with Crippen LogP contribution in [-0.2, 0) is 9.59 Å². The Balaban J connectivity index is 2.00. The predicted molar refractivity (Wildman–Crippen MR) is 75.4 cm³/mol. The number of likely N-dealkylation sites (tertiary alicyclic amines) is 1. The SMILES string of the molecule is CC1CCC(NC(=O)N2CCC(C(N)=O)C2)(C(=O)O)CC1. The molecule has 118 valence electrons. The number of carboxylic acids is 1. The van der Waals surface area contributed by atoms with Gasteiger partial charge in [-0.3, -0.25) is 4.79 Å². The summed E-state index contributed by atoms with van der Waals surface area (Å²) in [6.07, 6.45) is 3.01. The Morgan fingerprint density at radius 3 is 2.33 bits per heavy atom. The number of urea groups is 1. The molecular weight excluding hydrogens is 274 g/mol. The van der Waals surface area contributed by atoms with E-state index >= 15 is 0 Å². The van der Waals surface area contributed by atoms with Gasteiger partial charge in [-0.05, 0) is 38.0 Å². The van der Waals surface area contributed by atoms with E-state index in [1.165, 1.54) is 4.90 Å². The van der Waals surface area contributed by atoms with Crippen LogP contribution < -0.4 is 11.1 Å². The van der Waals surface area contributed by atoms with Gasteiger partial charge in [0, 0.05) is 13.1 Å². The molecule has 1 saturated carbocycles. The zero-order valence-corrected chi connectivity index (χ0v) is 12.3. The maximum Gasteiger partial charge on any atom is 0.329 e. The first-order chi connectivity index (χ1) is 9.84. The standard InChI is InChI=1S/C14H23N3O4/c1-9-2-5-14(6-3-9,12(19)20)16-13(21)17-7-4-10(8-17)11(15)18/h9-10H,2-8H2,1H3,(H2,15,18)(H,16,21)(H,19,20). The summed E-state index contributed by atoms with van der Waals surface area (Å²) in [5.41, 5.74) is 4.07. The van der Waals surface area contributed by atoms with E-state index in [1.54, 1.807) is 0 Å². The van der Waals surface area contributed by atoms with Crippen molar-refractivity contribution in [3.8, 4) is 0 Å². The Morgan fingerprint density at radius 2 is 1.86 bits per heavy atom. The summed E-state index contributed by atoms with van der Waals surface area (Å²) in [6.45, 7) is 2.80. The van der Waals surface area contributed by atoms with E-state index < -0.39 is 23.4 Å². The van der Waals surface area contributed by atoms with Gasteiger partial charge in [-0.1, -0.05) is 6.92 Å². The van der Waals surface area contributed by atoms with Gasteiger partial charge in [0.15, 0.2) is 0 Å². The second-order valence-corrected chi connectivity index (χ2v) is 6.33. The Kier molecular flexibility index (Phi) is 4.39. The summed E-state index contributed by atoms with van der Waals surface area (Å²) in [5.74, 6) is -1.23. The fraction of sp³-hybridized carbons (Fsp3) is 0.786. The third kappa shape index (κ3) is 3.28. The molecule has 21 heavy (non-hydrogen) atoms. The summed E-state index contributed by atoms with van der Waals surface area (Å²) >= 11 is 0. The quantitative estimate of drug-likeness (QED) is 0.705. The van der Waals surface area contributed by atoms with Crippen molar-refractivity contribution in [2.24, 2.45) is 17.6 Å². The van der Waals surface area contributed by atoms with Crippen molar-refractivity contribution in [1.82, 2.24) is 10.2 Å². The average molecular weight is 297 g/mol. The number of primary amides is 1. The summed E-state index contributed by atoms with van der Waals surface area (Å²) in [7, 11) is 0. The number of nitrogens with zero attached hydrogens (tertiary/aromatic N) is 1. The van der Waals surface area contributed by atoms with E-state index in [-0.39, 0.29) is 12.5 Å². The molecule has 3 amide bonds. The molecular formula is C14H23N3O4. The fourth-order valence-electron chi connectivity index (χ4n) is 3.11. The smallest absolute Gasteiger partial charge is 0.329 e. The molecule has 1 aliphatic heterocycles. The van der Waals surface area contributed by atoms with Gasteiger partial charge in [-0.25, -0.2) is 9.59 Å². The van der Waals surface area contributed by atoms with Crippen LogP contribution in [0.25, 0.3) is 0 Å². The molecule has 7 nitrogen and oxygen atoms in total. The Labute approximate surface area is 123 Å². The number of aliphatic carboxylic acids is 1. The highest BCUT2D eigenvalue weighted by atomic mass is 16.4. The van der Waals surface area contributed by atoms with Gasteiger partial charge in [0.05, 0.1) is 5.92 Å². The number of hydrogen-bond acceptors (Lipinski definition) is 3. The second kappa shape index (κ2) is 5.91. The van der Waals surface area contributed by atoms with E-state index in [9.17, 15) is 19.5 Å². The molecule has 0 spiro atoms. The van der Waals surface area contributed by atoms with Crippen molar-refractivity contribution in [3.63, 3.8) is 0 Å². The summed E-state index contributed by atoms with van der Waals surface area (Å²) < 4.78 is 0. The predicted octanol–water partition coefficient (Wildman–Crippen LogP) is 0.537. The molecule has 0 aromatic rings. The number of nitrogens with two attached hydrogens (primary N) is 1. The van der Waals surface area contributed by atoms with Gasteiger partial charge in [0.25, 0.3) is 0 Å². The van der Waals surface area contributed by atoms with Crippen LogP contribution in [0.4, 0.5) is 4.79 Å². The van der Waals surface area contributed by atoms with Gasteiger partial charge in [-0.2, -0.15) is 0 Å². The van der Waals surface area contributed by atoms with Gasteiger partial charge < -0.3 is 21.1 Å². The topological polar surface area (TPSA) is 113 Å². The minimum atomic E-state index is -1.17. The summed E-state index contributed by atoms with van der Waals surface area (Å²) in [6, 6.07) is -0.407. The van der Waals surface area contributed by atoms with Crippen molar-refractivity contribution in [2.75, 3.05) is 13.1 Å². The third-order valence-electron chi connectivity index (χ3n) is 4.76. The third-order valence-corrected chi connectivity index (χ3v) is 4.76. The molecule has 0 aromatic carbocycles. The zero-order chi connectivity index (χ0) is 15.6. The molecule has 0 radical (unpaired) electrons. The number of rotatable bonds is 3. The lowest BCUT2D eigenvalue weighted by atomic mass is 9.77. The number of hydrogen-bond donors (Lipinski definition) is 3. The molecule has 2 fully saturated rings. The molecule has 1 atom stereocenters. The van der Waals surface area contributed by atoms with Crippen LogP contribution >= 0.6 is 0 Å². The van der Waals surface area contributed by atoms with Crippen LogP contribution in [0.5, 0.6) is 0 Å². The highest BCUT2D eigenvalue weighted by Gasteiger charge is 2.44. The molecule has 0 bridgehead atoms. The van der Waals surface area contributed by atoms with E-state index in [2.05, 4.69) is 12.2 Å². The lowest BCUT2D eigenvalue weighted by Crippen LogP contribution is -2.59. The van der Waals surface area contributed by atoms with E-state index in [4.69, 9.17) is 5.73 Å². The Hall–Kier alpha value is -1.79. The van der Waals surface area contributed by atoms with Crippen molar-refractivity contribution in [2.45, 2.75) is 44.6 Å². The molecule has 0 aromatic heterocycles. The van der Waals surface area contributed by atoms with Crippen molar-refractivity contribution < 1.29 is 19.5 Å². The zero-order valence-electron chi connectivity index (χ0n) is 12.3. The highest BCUT2D eigenvalue weighted by molar-refractivity contribution is 5.87. The number of carbonyl (C=O) groups excluding carboxylic acids is 2. The minimum Gasteiger partial charge on any atom is -0.480 e. The number of amides is 3. The Bertz CT molecular complexity index is 444. The molecule has 1 heterocycles. The van der Waals surface area contributed by atoms with Crippen LogP contribution in [0.15, 0.2) is 0 Å². The molecule has 4 N–H and O–H groups in total. The summed E-state index contributed by atoms with van der Waals surface area (Å²) in [4.78, 5) is 36.5. The monoisotopic (exact) mass is 297 g/mol. The fourth-order valence-corrected chi connectivity index (χ4v) is 3.11. The van der Waals surface area contributed by atoms with Crippen LogP contribution in [-0.4, -0.2) is 46.5 Å². The first kappa shape index (κ1) is 15.6. The molecule has 2 aliphatic rings. The average Bonchev–Trinajstić information content (AvgIpc) is 2.91. The molecule has 1 aliphatic carbocycles. The van der Waals surface area contributed by atoms with Crippen LogP contribution in [0.1, 0.15) is 39.0 Å². The van der Waals surface area contributed by atoms with E-state index in [0.717, 1.165) is 12.8 Å². The number of carbonyl (C=O) groups is 3. The van der Waals surface area contributed by atoms with Crippen LogP contribution in [0.3, 0.4) is 0 Å². The normalized spacial score (nSPS) is 32.7. The first-order valence-corrected chi connectivity index (χ1v) is 7.44. The van der Waals surface area contributed by atoms with Gasteiger partial charge in [0.1, 0.15) is 5.54 Å². The highest BCUT2D eigenvalue weighted by Crippen LogP contribution is 2.32. The summed E-state index contributed by atoms with van der Waals surface area (Å²) in [5, 5.41) is 12.2. The van der Waals surface area contributed by atoms with Crippen LogP contribution in [0.2, 0.25) is 0 Å². The van der Waals surface area contributed by atoms with Gasteiger partial charge in [0.2, 0.25) is 5.91 Å². The molecule has 2 rings (SSSR count). The van der Waals surface area contributed by atoms with E-state index in [1.807, 2.05) is 0 Å².